The van der Waals surface area contributed by atoms with Crippen LogP contribution in [0.3, 0.4) is 0 Å². The number of unbranched alkanes of at least 4 members (excludes halogenated alkanes) is 3. The van der Waals surface area contributed by atoms with Crippen molar-refractivity contribution in [1.29, 1.82) is 0 Å². The lowest BCUT2D eigenvalue weighted by molar-refractivity contribution is -0.260. The molecular weight excluding hydrogens is 248 g/mol. The number of hydrogen-bond donors (Lipinski definition) is 2. The van der Waals surface area contributed by atoms with Crippen LogP contribution in [0, 0.1) is 16.7 Å². The molecule has 1 fully saturated rings. The highest BCUT2D eigenvalue weighted by Gasteiger charge is 2.46. The Balaban J connectivity index is 2.39. The fourth-order valence-electron chi connectivity index (χ4n) is 4.03. The van der Waals surface area contributed by atoms with Gasteiger partial charge in [-0.25, -0.2) is 0 Å². The molecule has 0 spiro atoms. The number of hydrogen-bond acceptors (Lipinski definition) is 2. The van der Waals surface area contributed by atoms with Crippen molar-refractivity contribution in [2.45, 2.75) is 98.2 Å². The first-order valence-corrected chi connectivity index (χ1v) is 8.53. The number of rotatable bonds is 9. The second-order valence-electron chi connectivity index (χ2n) is 8.63. The summed E-state index contributed by atoms with van der Waals surface area (Å²) in [5, 5.41) is 19.6. The van der Waals surface area contributed by atoms with E-state index in [4.69, 9.17) is 0 Å². The summed E-state index contributed by atoms with van der Waals surface area (Å²) in [6, 6.07) is 0. The van der Waals surface area contributed by atoms with Gasteiger partial charge in [0, 0.05) is 12.3 Å². The van der Waals surface area contributed by atoms with Crippen LogP contribution in [0.15, 0.2) is 0 Å². The summed E-state index contributed by atoms with van der Waals surface area (Å²) >= 11 is 0. The van der Waals surface area contributed by atoms with Crippen LogP contribution in [0.2, 0.25) is 0 Å². The highest BCUT2D eigenvalue weighted by atomic mass is 16.5. The zero-order valence-corrected chi connectivity index (χ0v) is 14.3. The van der Waals surface area contributed by atoms with E-state index in [0.29, 0.717) is 11.8 Å². The van der Waals surface area contributed by atoms with Gasteiger partial charge in [0.15, 0.2) is 5.79 Å². The van der Waals surface area contributed by atoms with E-state index in [1.807, 2.05) is 0 Å². The van der Waals surface area contributed by atoms with Crippen molar-refractivity contribution in [2.24, 2.45) is 16.7 Å². The monoisotopic (exact) mass is 284 g/mol. The fourth-order valence-corrected chi connectivity index (χ4v) is 4.03. The molecule has 1 saturated carbocycles. The first kappa shape index (κ1) is 18.0. The molecule has 2 nitrogen and oxygen atoms in total. The minimum absolute atomic E-state index is 0.0772. The van der Waals surface area contributed by atoms with Crippen molar-refractivity contribution in [2.75, 3.05) is 0 Å². The Hall–Kier alpha value is -0.0800. The summed E-state index contributed by atoms with van der Waals surface area (Å²) in [7, 11) is 0. The predicted octanol–water partition coefficient (Wildman–Crippen LogP) is 4.88. The SMILES string of the molecule is CCCCCCC(C)(C)CC(C)(C)CC1CCC1(O)O. The van der Waals surface area contributed by atoms with Gasteiger partial charge in [-0.1, -0.05) is 60.3 Å². The summed E-state index contributed by atoms with van der Waals surface area (Å²) in [5.74, 6) is -1.31. The molecule has 1 aliphatic rings. The van der Waals surface area contributed by atoms with Crippen LogP contribution >= 0.6 is 0 Å². The molecule has 0 bridgehead atoms. The van der Waals surface area contributed by atoms with Crippen LogP contribution in [-0.4, -0.2) is 16.0 Å². The summed E-state index contributed by atoms with van der Waals surface area (Å²) in [6.45, 7) is 11.6. The van der Waals surface area contributed by atoms with E-state index in [-0.39, 0.29) is 11.3 Å². The van der Waals surface area contributed by atoms with Gasteiger partial charge < -0.3 is 10.2 Å². The summed E-state index contributed by atoms with van der Waals surface area (Å²) < 4.78 is 0. The summed E-state index contributed by atoms with van der Waals surface area (Å²) in [6.07, 6.45) is 10.2. The Morgan fingerprint density at radius 1 is 1.00 bits per heavy atom. The molecule has 0 aromatic heterocycles. The van der Waals surface area contributed by atoms with Crippen molar-refractivity contribution in [3.8, 4) is 0 Å². The van der Waals surface area contributed by atoms with Crippen LogP contribution < -0.4 is 0 Å². The zero-order chi connectivity index (χ0) is 15.4. The summed E-state index contributed by atoms with van der Waals surface area (Å²) in [5.41, 5.74) is 0.546. The van der Waals surface area contributed by atoms with Crippen molar-refractivity contribution in [1.82, 2.24) is 0 Å². The molecule has 2 heteroatoms. The van der Waals surface area contributed by atoms with Crippen LogP contribution in [0.1, 0.15) is 92.4 Å². The largest absolute Gasteiger partial charge is 0.365 e. The van der Waals surface area contributed by atoms with Gasteiger partial charge in [0.1, 0.15) is 0 Å². The molecule has 0 aromatic rings. The van der Waals surface area contributed by atoms with E-state index in [2.05, 4.69) is 34.6 Å². The van der Waals surface area contributed by atoms with Crippen molar-refractivity contribution < 1.29 is 10.2 Å². The van der Waals surface area contributed by atoms with Gasteiger partial charge in [0.25, 0.3) is 0 Å². The predicted molar refractivity (Wildman–Crippen MR) is 85.4 cm³/mol. The minimum Gasteiger partial charge on any atom is -0.365 e. The maximum absolute atomic E-state index is 9.79. The molecular formula is C18H36O2. The third-order valence-corrected chi connectivity index (χ3v) is 4.98. The van der Waals surface area contributed by atoms with E-state index in [1.165, 1.54) is 38.5 Å². The van der Waals surface area contributed by atoms with Gasteiger partial charge in [0.05, 0.1) is 0 Å². The second-order valence-corrected chi connectivity index (χ2v) is 8.63. The maximum atomic E-state index is 9.79. The quantitative estimate of drug-likeness (QED) is 0.468. The fraction of sp³-hybridized carbons (Fsp3) is 1.00. The minimum atomic E-state index is -1.39. The Morgan fingerprint density at radius 2 is 1.65 bits per heavy atom. The Kier molecular flexibility index (Phi) is 6.10. The van der Waals surface area contributed by atoms with Gasteiger partial charge in [-0.15, -0.1) is 0 Å². The average Bonchev–Trinajstić information content (AvgIpc) is 2.29. The van der Waals surface area contributed by atoms with Crippen molar-refractivity contribution in [3.05, 3.63) is 0 Å². The van der Waals surface area contributed by atoms with E-state index >= 15 is 0 Å². The molecule has 0 heterocycles. The van der Waals surface area contributed by atoms with E-state index < -0.39 is 5.79 Å². The Bertz CT molecular complexity index is 292. The third kappa shape index (κ3) is 5.73. The van der Waals surface area contributed by atoms with Gasteiger partial charge in [-0.05, 0) is 36.5 Å². The maximum Gasteiger partial charge on any atom is 0.165 e. The normalized spacial score (nSPS) is 22.6. The standard InChI is InChI=1S/C18H36O2/c1-6-7-8-9-11-16(2,3)14-17(4,5)13-15-10-12-18(15,19)20/h15,19-20H,6-14H2,1-5H3. The first-order valence-electron chi connectivity index (χ1n) is 8.53. The van der Waals surface area contributed by atoms with Gasteiger partial charge >= 0.3 is 0 Å². The van der Waals surface area contributed by atoms with Crippen LogP contribution in [0.25, 0.3) is 0 Å². The molecule has 0 aliphatic heterocycles. The van der Waals surface area contributed by atoms with E-state index in [9.17, 15) is 10.2 Å². The second kappa shape index (κ2) is 6.79. The first-order chi connectivity index (χ1) is 9.08. The van der Waals surface area contributed by atoms with Crippen LogP contribution in [0.5, 0.6) is 0 Å². The van der Waals surface area contributed by atoms with Gasteiger partial charge in [0.2, 0.25) is 0 Å². The highest BCUT2D eigenvalue weighted by molar-refractivity contribution is 4.91. The molecule has 120 valence electrons. The molecule has 2 N–H and O–H groups in total. The molecule has 1 rings (SSSR count). The lowest BCUT2D eigenvalue weighted by Gasteiger charge is -2.46. The van der Waals surface area contributed by atoms with E-state index in [1.54, 1.807) is 0 Å². The molecule has 1 unspecified atom stereocenters. The molecule has 0 saturated heterocycles. The molecule has 1 atom stereocenters. The molecule has 20 heavy (non-hydrogen) atoms. The van der Waals surface area contributed by atoms with E-state index in [0.717, 1.165) is 12.8 Å². The lowest BCUT2D eigenvalue weighted by Crippen LogP contribution is -2.48. The number of aliphatic hydroxyl groups is 2. The van der Waals surface area contributed by atoms with Crippen LogP contribution in [-0.2, 0) is 0 Å². The average molecular weight is 284 g/mol. The van der Waals surface area contributed by atoms with Gasteiger partial charge in [-0.3, -0.25) is 0 Å². The third-order valence-electron chi connectivity index (χ3n) is 4.98. The molecule has 0 amide bonds. The molecule has 1 aliphatic carbocycles. The Labute approximate surface area is 126 Å². The van der Waals surface area contributed by atoms with Gasteiger partial charge in [-0.2, -0.15) is 0 Å². The Morgan fingerprint density at radius 3 is 2.10 bits per heavy atom. The molecule has 0 aromatic carbocycles. The van der Waals surface area contributed by atoms with Crippen molar-refractivity contribution in [3.63, 3.8) is 0 Å². The zero-order valence-electron chi connectivity index (χ0n) is 14.3. The van der Waals surface area contributed by atoms with Crippen molar-refractivity contribution >= 4 is 0 Å². The topological polar surface area (TPSA) is 40.5 Å². The smallest absolute Gasteiger partial charge is 0.165 e. The van der Waals surface area contributed by atoms with Crippen LogP contribution in [0.4, 0.5) is 0 Å². The molecule has 0 radical (unpaired) electrons. The highest BCUT2D eigenvalue weighted by Crippen LogP contribution is 2.47. The lowest BCUT2D eigenvalue weighted by atomic mass is 9.64. The summed E-state index contributed by atoms with van der Waals surface area (Å²) in [4.78, 5) is 0.